The molecule has 2 nitrogen and oxygen atoms in total. The molecule has 0 spiro atoms. The van der Waals surface area contributed by atoms with Crippen molar-refractivity contribution < 1.29 is 5.11 Å². The van der Waals surface area contributed by atoms with Crippen molar-refractivity contribution in [3.8, 4) is 0 Å². The van der Waals surface area contributed by atoms with E-state index in [4.69, 9.17) is 0 Å². The van der Waals surface area contributed by atoms with Crippen LogP contribution in [0.5, 0.6) is 0 Å². The van der Waals surface area contributed by atoms with Gasteiger partial charge in [-0.15, -0.1) is 0 Å². The Kier molecular flexibility index (Phi) is 2.56. The SMILES string of the molecule is CC1(C)CCC(N(CC2CC2)C2CC2)C1O. The fourth-order valence-electron chi connectivity index (χ4n) is 3.25. The van der Waals surface area contributed by atoms with E-state index in [2.05, 4.69) is 18.7 Å². The Hall–Kier alpha value is -0.0800. The molecule has 1 N–H and O–H groups in total. The van der Waals surface area contributed by atoms with E-state index >= 15 is 0 Å². The zero-order chi connectivity index (χ0) is 11.3. The third-order valence-electron chi connectivity index (χ3n) is 4.86. The number of aliphatic hydroxyl groups excluding tert-OH is 1. The van der Waals surface area contributed by atoms with Crippen LogP contribution in [0.15, 0.2) is 0 Å². The van der Waals surface area contributed by atoms with Crippen molar-refractivity contribution in [2.75, 3.05) is 6.54 Å². The van der Waals surface area contributed by atoms with Crippen LogP contribution in [0.25, 0.3) is 0 Å². The summed E-state index contributed by atoms with van der Waals surface area (Å²) in [6, 6.07) is 1.28. The second-order valence-electron chi connectivity index (χ2n) is 6.91. The topological polar surface area (TPSA) is 23.5 Å². The first-order valence-electron chi connectivity index (χ1n) is 7.02. The fraction of sp³-hybridized carbons (Fsp3) is 1.00. The molecule has 16 heavy (non-hydrogen) atoms. The summed E-state index contributed by atoms with van der Waals surface area (Å²) < 4.78 is 0. The van der Waals surface area contributed by atoms with Gasteiger partial charge in [-0.3, -0.25) is 4.90 Å². The van der Waals surface area contributed by atoms with Gasteiger partial charge in [0.05, 0.1) is 6.10 Å². The van der Waals surface area contributed by atoms with E-state index < -0.39 is 0 Å². The molecule has 0 aromatic heterocycles. The highest BCUT2D eigenvalue weighted by Crippen LogP contribution is 2.44. The molecule has 92 valence electrons. The van der Waals surface area contributed by atoms with Gasteiger partial charge in [0.2, 0.25) is 0 Å². The Bertz CT molecular complexity index is 268. The Morgan fingerprint density at radius 2 is 1.81 bits per heavy atom. The normalized spacial score (nSPS) is 38.2. The molecule has 3 saturated carbocycles. The van der Waals surface area contributed by atoms with Crippen LogP contribution in [0, 0.1) is 11.3 Å². The molecule has 0 saturated heterocycles. The quantitative estimate of drug-likeness (QED) is 0.791. The van der Waals surface area contributed by atoms with E-state index in [9.17, 15) is 5.11 Å². The summed E-state index contributed by atoms with van der Waals surface area (Å²) in [7, 11) is 0. The summed E-state index contributed by atoms with van der Waals surface area (Å²) in [5.74, 6) is 0.955. The van der Waals surface area contributed by atoms with Gasteiger partial charge < -0.3 is 5.11 Å². The van der Waals surface area contributed by atoms with Gasteiger partial charge in [0, 0.05) is 18.6 Å². The van der Waals surface area contributed by atoms with Gasteiger partial charge in [-0.1, -0.05) is 13.8 Å². The second-order valence-corrected chi connectivity index (χ2v) is 6.91. The van der Waals surface area contributed by atoms with Crippen molar-refractivity contribution in [3.63, 3.8) is 0 Å². The lowest BCUT2D eigenvalue weighted by Gasteiger charge is -2.34. The van der Waals surface area contributed by atoms with E-state index in [0.29, 0.717) is 6.04 Å². The molecule has 0 amide bonds. The van der Waals surface area contributed by atoms with Crippen LogP contribution in [0.4, 0.5) is 0 Å². The lowest BCUT2D eigenvalue weighted by molar-refractivity contribution is 0.00975. The summed E-state index contributed by atoms with van der Waals surface area (Å²) in [6.45, 7) is 5.71. The van der Waals surface area contributed by atoms with Gasteiger partial charge in [0.1, 0.15) is 0 Å². The minimum Gasteiger partial charge on any atom is -0.391 e. The summed E-state index contributed by atoms with van der Waals surface area (Å²) in [6.07, 6.45) is 7.88. The standard InChI is InChI=1S/C14H25NO/c1-14(2)8-7-12(13(14)16)15(11-5-6-11)9-10-3-4-10/h10-13,16H,3-9H2,1-2H3. The smallest absolute Gasteiger partial charge is 0.0746 e. The molecule has 3 fully saturated rings. The third-order valence-corrected chi connectivity index (χ3v) is 4.86. The summed E-state index contributed by atoms with van der Waals surface area (Å²) in [5.41, 5.74) is 0.140. The van der Waals surface area contributed by atoms with Crippen LogP contribution in [0.3, 0.4) is 0 Å². The second kappa shape index (κ2) is 3.71. The van der Waals surface area contributed by atoms with E-state index in [1.165, 1.54) is 45.1 Å². The molecule has 3 aliphatic carbocycles. The maximum Gasteiger partial charge on any atom is 0.0746 e. The van der Waals surface area contributed by atoms with Crippen molar-refractivity contribution in [1.29, 1.82) is 0 Å². The molecule has 0 radical (unpaired) electrons. The Balaban J connectivity index is 1.68. The molecule has 3 aliphatic rings. The molecule has 2 heteroatoms. The van der Waals surface area contributed by atoms with Crippen LogP contribution in [-0.2, 0) is 0 Å². The van der Waals surface area contributed by atoms with Crippen LogP contribution in [0.1, 0.15) is 52.4 Å². The maximum atomic E-state index is 10.5. The number of hydrogen-bond acceptors (Lipinski definition) is 2. The number of rotatable bonds is 4. The highest BCUT2D eigenvalue weighted by atomic mass is 16.3. The molecule has 3 rings (SSSR count). The largest absolute Gasteiger partial charge is 0.391 e. The molecule has 2 atom stereocenters. The van der Waals surface area contributed by atoms with Crippen molar-refractivity contribution in [3.05, 3.63) is 0 Å². The Morgan fingerprint density at radius 3 is 2.25 bits per heavy atom. The predicted molar refractivity (Wildman–Crippen MR) is 65.3 cm³/mol. The van der Waals surface area contributed by atoms with Gasteiger partial charge in [-0.25, -0.2) is 0 Å². The van der Waals surface area contributed by atoms with Gasteiger partial charge in [0.25, 0.3) is 0 Å². The van der Waals surface area contributed by atoms with Crippen LogP contribution in [-0.4, -0.2) is 34.7 Å². The first kappa shape index (κ1) is 11.0. The molecule has 0 aromatic carbocycles. The summed E-state index contributed by atoms with van der Waals surface area (Å²) in [4.78, 5) is 2.66. The Labute approximate surface area is 99.0 Å². The molecule has 0 heterocycles. The highest BCUT2D eigenvalue weighted by Gasteiger charge is 2.47. The third kappa shape index (κ3) is 2.02. The predicted octanol–water partition coefficient (Wildman–Crippen LogP) is 2.41. The lowest BCUT2D eigenvalue weighted by Crippen LogP contribution is -2.46. The van der Waals surface area contributed by atoms with Gasteiger partial charge >= 0.3 is 0 Å². The molecule has 0 bridgehead atoms. The number of hydrogen-bond donors (Lipinski definition) is 1. The van der Waals surface area contributed by atoms with E-state index in [-0.39, 0.29) is 11.5 Å². The molecule has 0 aliphatic heterocycles. The molecular formula is C14H25NO. The summed E-state index contributed by atoms with van der Waals surface area (Å²) >= 11 is 0. The van der Waals surface area contributed by atoms with Crippen molar-refractivity contribution in [2.45, 2.75) is 70.6 Å². The minimum atomic E-state index is -0.105. The molecular weight excluding hydrogens is 198 g/mol. The highest BCUT2D eigenvalue weighted by molar-refractivity contribution is 5.01. The average Bonchev–Trinajstić information content (AvgIpc) is 3.10. The van der Waals surface area contributed by atoms with E-state index in [1.54, 1.807) is 0 Å². The van der Waals surface area contributed by atoms with Crippen LogP contribution >= 0.6 is 0 Å². The van der Waals surface area contributed by atoms with Gasteiger partial charge in [-0.05, 0) is 49.9 Å². The number of nitrogens with zero attached hydrogens (tertiary/aromatic N) is 1. The van der Waals surface area contributed by atoms with Crippen LogP contribution in [0.2, 0.25) is 0 Å². The monoisotopic (exact) mass is 223 g/mol. The van der Waals surface area contributed by atoms with Crippen molar-refractivity contribution >= 4 is 0 Å². The van der Waals surface area contributed by atoms with Crippen LogP contribution < -0.4 is 0 Å². The van der Waals surface area contributed by atoms with E-state index in [1.807, 2.05) is 0 Å². The first-order valence-corrected chi connectivity index (χ1v) is 7.02. The minimum absolute atomic E-state index is 0.105. The zero-order valence-corrected chi connectivity index (χ0v) is 10.7. The van der Waals surface area contributed by atoms with Gasteiger partial charge in [0.15, 0.2) is 0 Å². The van der Waals surface area contributed by atoms with Crippen molar-refractivity contribution in [1.82, 2.24) is 4.90 Å². The average molecular weight is 223 g/mol. The molecule has 0 aromatic rings. The fourth-order valence-corrected chi connectivity index (χ4v) is 3.25. The Morgan fingerprint density at radius 1 is 1.12 bits per heavy atom. The molecule has 2 unspecified atom stereocenters. The van der Waals surface area contributed by atoms with Gasteiger partial charge in [-0.2, -0.15) is 0 Å². The first-order chi connectivity index (χ1) is 7.58. The number of aliphatic hydroxyl groups is 1. The maximum absolute atomic E-state index is 10.5. The van der Waals surface area contributed by atoms with E-state index in [0.717, 1.165) is 12.0 Å². The van der Waals surface area contributed by atoms with Crippen molar-refractivity contribution in [2.24, 2.45) is 11.3 Å². The lowest BCUT2D eigenvalue weighted by atomic mass is 9.88. The zero-order valence-electron chi connectivity index (χ0n) is 10.7. The summed E-state index contributed by atoms with van der Waals surface area (Å²) in [5, 5.41) is 10.5.